The van der Waals surface area contributed by atoms with Crippen molar-refractivity contribution in [2.24, 2.45) is 0 Å². The quantitative estimate of drug-likeness (QED) is 0.378. The maximum atomic E-state index is 14.7. The van der Waals surface area contributed by atoms with E-state index < -0.39 is 39.0 Å². The van der Waals surface area contributed by atoms with Gasteiger partial charge in [-0.25, -0.2) is 13.6 Å². The molecule has 30 heavy (non-hydrogen) atoms. The average Bonchev–Trinajstić information content (AvgIpc) is 2.94. The molecular formula is C17H27FN3O7PS. The average molecular weight is 467 g/mol. The van der Waals surface area contributed by atoms with Crippen molar-refractivity contribution in [1.29, 1.82) is 0 Å². The van der Waals surface area contributed by atoms with Gasteiger partial charge in [0.15, 0.2) is 17.5 Å². The number of nitrogens with zero attached hydrogens (tertiary/aromatic N) is 2. The maximum absolute atomic E-state index is 14.7. The van der Waals surface area contributed by atoms with Gasteiger partial charge in [-0.2, -0.15) is 0 Å². The molecule has 2 N–H and O–H groups in total. The van der Waals surface area contributed by atoms with Crippen LogP contribution in [0.25, 0.3) is 0 Å². The highest BCUT2D eigenvalue weighted by Crippen LogP contribution is 2.50. The summed E-state index contributed by atoms with van der Waals surface area (Å²) in [5, 5.41) is 12.6. The fourth-order valence-electron chi connectivity index (χ4n) is 2.71. The van der Waals surface area contributed by atoms with Crippen molar-refractivity contribution >= 4 is 30.5 Å². The van der Waals surface area contributed by atoms with E-state index in [1.165, 1.54) is 36.8 Å². The fourth-order valence-corrected chi connectivity index (χ4v) is 4.48. The molecule has 170 valence electrons. The lowest BCUT2D eigenvalue weighted by atomic mass is 10.1. The molecule has 0 bridgehead atoms. The Balaban J connectivity index is 2.00. The predicted molar refractivity (Wildman–Crippen MR) is 109 cm³/mol. The Morgan fingerprint density at radius 1 is 1.50 bits per heavy atom. The zero-order valence-corrected chi connectivity index (χ0v) is 19.0. The molecule has 0 spiro atoms. The first-order chi connectivity index (χ1) is 14.0. The lowest BCUT2D eigenvalue weighted by Crippen LogP contribution is -2.46. The van der Waals surface area contributed by atoms with Crippen LogP contribution >= 0.6 is 19.5 Å². The minimum Gasteiger partial charge on any atom is -0.387 e. The van der Waals surface area contributed by atoms with E-state index in [0.29, 0.717) is 11.3 Å². The highest BCUT2D eigenvalue weighted by Gasteiger charge is 2.48. The van der Waals surface area contributed by atoms with E-state index in [-0.39, 0.29) is 23.5 Å². The molecule has 1 amide bonds. The number of alkyl halides is 1. The SMILES string of the molecule is C=C1NC(=O)C(C)=CN1[C@H]1O[C@@H](COP(=O)(OCCSC(C)=O)N(C)C)[C@H](O)C1F. The van der Waals surface area contributed by atoms with Gasteiger partial charge in [0.2, 0.25) is 0 Å². The second-order valence-electron chi connectivity index (χ2n) is 6.91. The summed E-state index contributed by atoms with van der Waals surface area (Å²) in [6.45, 7) is 6.22. The molecule has 2 rings (SSSR count). The predicted octanol–water partition coefficient (Wildman–Crippen LogP) is 1.20. The van der Waals surface area contributed by atoms with E-state index >= 15 is 0 Å². The number of hydrogen-bond donors (Lipinski definition) is 2. The smallest absolute Gasteiger partial charge is 0.387 e. The van der Waals surface area contributed by atoms with E-state index in [9.17, 15) is 23.7 Å². The molecule has 10 nitrogen and oxygen atoms in total. The summed E-state index contributed by atoms with van der Waals surface area (Å²) in [5.74, 6) is 0.0386. The minimum absolute atomic E-state index is 0.000482. The third-order valence-electron chi connectivity index (χ3n) is 4.36. The van der Waals surface area contributed by atoms with E-state index in [2.05, 4.69) is 11.9 Å². The van der Waals surface area contributed by atoms with Crippen molar-refractivity contribution in [2.75, 3.05) is 33.1 Å². The van der Waals surface area contributed by atoms with E-state index in [1.54, 1.807) is 6.92 Å². The Morgan fingerprint density at radius 3 is 2.77 bits per heavy atom. The van der Waals surface area contributed by atoms with Crippen LogP contribution in [-0.4, -0.2) is 83.4 Å². The Morgan fingerprint density at radius 2 is 2.17 bits per heavy atom. The van der Waals surface area contributed by atoms with Gasteiger partial charge < -0.3 is 20.1 Å². The van der Waals surface area contributed by atoms with Crippen LogP contribution in [0.3, 0.4) is 0 Å². The van der Waals surface area contributed by atoms with Crippen LogP contribution in [0.5, 0.6) is 0 Å². The molecule has 13 heteroatoms. The Hall–Kier alpha value is -1.27. The monoisotopic (exact) mass is 467 g/mol. The van der Waals surface area contributed by atoms with Crippen molar-refractivity contribution in [3.05, 3.63) is 24.2 Å². The molecule has 0 aromatic heterocycles. The molecule has 1 fully saturated rings. The van der Waals surface area contributed by atoms with Crippen LogP contribution in [0.2, 0.25) is 0 Å². The summed E-state index contributed by atoms with van der Waals surface area (Å²) < 4.78 is 45.1. The molecule has 5 atom stereocenters. The number of rotatable bonds is 9. The Kier molecular flexibility index (Phi) is 8.63. The first-order valence-corrected chi connectivity index (χ1v) is 11.6. The lowest BCUT2D eigenvalue weighted by Gasteiger charge is -2.33. The van der Waals surface area contributed by atoms with Gasteiger partial charge in [-0.05, 0) is 21.0 Å². The molecule has 2 heterocycles. The number of carbonyl (C=O) groups excluding carboxylic acids is 2. The molecule has 0 aromatic carbocycles. The van der Waals surface area contributed by atoms with Gasteiger partial charge in [-0.3, -0.25) is 18.6 Å². The lowest BCUT2D eigenvalue weighted by molar-refractivity contribution is -0.119. The second kappa shape index (κ2) is 10.4. The van der Waals surface area contributed by atoms with Crippen LogP contribution in [0.1, 0.15) is 13.8 Å². The van der Waals surface area contributed by atoms with Crippen molar-refractivity contribution in [3.63, 3.8) is 0 Å². The molecule has 2 unspecified atom stereocenters. The topological polar surface area (TPSA) is 118 Å². The van der Waals surface area contributed by atoms with Crippen molar-refractivity contribution in [3.8, 4) is 0 Å². The van der Waals surface area contributed by atoms with Gasteiger partial charge in [0.25, 0.3) is 5.91 Å². The van der Waals surface area contributed by atoms with Crippen molar-refractivity contribution in [1.82, 2.24) is 14.9 Å². The van der Waals surface area contributed by atoms with Gasteiger partial charge in [-0.15, -0.1) is 0 Å². The number of nitrogens with one attached hydrogen (secondary N) is 1. The number of carbonyl (C=O) groups is 2. The minimum atomic E-state index is -3.74. The summed E-state index contributed by atoms with van der Waals surface area (Å²) in [6, 6.07) is 0. The van der Waals surface area contributed by atoms with E-state index in [1.807, 2.05) is 0 Å². The zero-order chi connectivity index (χ0) is 22.6. The van der Waals surface area contributed by atoms with Gasteiger partial charge in [0, 0.05) is 24.4 Å². The third-order valence-corrected chi connectivity index (χ3v) is 7.10. The van der Waals surface area contributed by atoms with Crippen LogP contribution in [0.4, 0.5) is 4.39 Å². The Bertz CT molecular complexity index is 766. The fraction of sp³-hybridized carbons (Fsp3) is 0.647. The van der Waals surface area contributed by atoms with E-state index in [4.69, 9.17) is 13.8 Å². The third kappa shape index (κ3) is 5.91. The van der Waals surface area contributed by atoms with Crippen LogP contribution in [0.15, 0.2) is 24.2 Å². The highest BCUT2D eigenvalue weighted by molar-refractivity contribution is 8.13. The largest absolute Gasteiger partial charge is 0.407 e. The van der Waals surface area contributed by atoms with Crippen LogP contribution < -0.4 is 5.32 Å². The molecule has 0 radical (unpaired) electrons. The molecule has 0 aliphatic carbocycles. The number of aliphatic hydroxyl groups excluding tert-OH is 1. The molecule has 2 aliphatic heterocycles. The first-order valence-electron chi connectivity index (χ1n) is 9.11. The second-order valence-corrected chi connectivity index (χ2v) is 10.4. The van der Waals surface area contributed by atoms with Crippen LogP contribution in [-0.2, 0) is 27.9 Å². The first kappa shape index (κ1) is 25.0. The number of aliphatic hydroxyl groups is 1. The van der Waals surface area contributed by atoms with Gasteiger partial charge in [-0.1, -0.05) is 18.3 Å². The Labute approximate surface area is 179 Å². The molecule has 2 aliphatic rings. The summed E-state index contributed by atoms with van der Waals surface area (Å²) in [5.41, 5.74) is 0.321. The summed E-state index contributed by atoms with van der Waals surface area (Å²) in [4.78, 5) is 23.9. The van der Waals surface area contributed by atoms with Gasteiger partial charge in [0.1, 0.15) is 18.0 Å². The standard InChI is InChI=1S/C17H27FN3O7PS/c1-10-8-21(11(2)19-16(10)24)17-14(18)15(23)13(28-17)9-27-29(25,20(4)5)26-6-7-30-12(3)22/h8,13-15,17,23H,2,6-7,9H2,1,3-5H3,(H,19,24)/t13-,14?,15-,17-,29?/m0/s1. The number of ether oxygens (including phenoxy) is 1. The number of amides is 1. The normalized spacial score (nSPS) is 29.0. The van der Waals surface area contributed by atoms with Crippen molar-refractivity contribution < 1.29 is 37.4 Å². The zero-order valence-electron chi connectivity index (χ0n) is 17.2. The molecule has 0 aromatic rings. The molecular weight excluding hydrogens is 440 g/mol. The highest BCUT2D eigenvalue weighted by atomic mass is 32.2. The maximum Gasteiger partial charge on any atom is 0.407 e. The summed E-state index contributed by atoms with van der Waals surface area (Å²) in [7, 11) is -0.766. The van der Waals surface area contributed by atoms with Gasteiger partial charge >= 0.3 is 7.75 Å². The van der Waals surface area contributed by atoms with E-state index in [0.717, 1.165) is 11.8 Å². The van der Waals surface area contributed by atoms with Crippen molar-refractivity contribution in [2.45, 2.75) is 38.5 Å². The number of hydrogen-bond acceptors (Lipinski definition) is 9. The summed E-state index contributed by atoms with van der Waals surface area (Å²) in [6.07, 6.45) is -4.38. The molecule has 0 saturated carbocycles. The van der Waals surface area contributed by atoms with Crippen LogP contribution in [0, 0.1) is 0 Å². The number of thioether (sulfide) groups is 1. The van der Waals surface area contributed by atoms with Gasteiger partial charge in [0.05, 0.1) is 13.2 Å². The summed E-state index contributed by atoms with van der Waals surface area (Å²) >= 11 is 1.02. The molecule has 1 saturated heterocycles. The number of halogens is 1.